The first-order valence-electron chi connectivity index (χ1n) is 4.57. The minimum atomic E-state index is -0.970. The van der Waals surface area contributed by atoms with Crippen molar-refractivity contribution in [3.05, 3.63) is 34.3 Å². The lowest BCUT2D eigenvalue weighted by Crippen LogP contribution is -2.47. The van der Waals surface area contributed by atoms with Gasteiger partial charge in [0, 0.05) is 10.9 Å². The maximum absolute atomic E-state index is 11.3. The van der Waals surface area contributed by atoms with Gasteiger partial charge in [-0.05, 0) is 24.6 Å². The van der Waals surface area contributed by atoms with Crippen molar-refractivity contribution in [2.24, 2.45) is 5.73 Å². The average molecular weight is 309 g/mol. The predicted octanol–water partition coefficient (Wildman–Crippen LogP) is 2.30. The number of esters is 1. The molecule has 1 aromatic carbocycles. The van der Waals surface area contributed by atoms with Gasteiger partial charge in [-0.3, -0.25) is 4.79 Å². The highest BCUT2D eigenvalue weighted by atomic mass is 79.9. The molecule has 0 saturated heterocycles. The van der Waals surface area contributed by atoms with Crippen molar-refractivity contribution in [1.82, 2.24) is 0 Å². The van der Waals surface area contributed by atoms with Gasteiger partial charge in [0.15, 0.2) is 0 Å². The molecule has 0 amide bonds. The lowest BCUT2D eigenvalue weighted by molar-refractivity contribution is -0.146. The Morgan fingerprint density at radius 1 is 1.44 bits per heavy atom. The minimum Gasteiger partial charge on any atom is -0.468 e. The van der Waals surface area contributed by atoms with Gasteiger partial charge in [-0.25, -0.2) is 0 Å². The maximum Gasteiger partial charge on any atom is 0.325 e. The topological polar surface area (TPSA) is 52.3 Å². The molecule has 0 saturated carbocycles. The summed E-state index contributed by atoms with van der Waals surface area (Å²) in [6, 6.07) is 7.70. The van der Waals surface area contributed by atoms with Crippen LogP contribution in [0.25, 0.3) is 0 Å². The molecule has 16 heavy (non-hydrogen) atoms. The lowest BCUT2D eigenvalue weighted by atomic mass is 9.94. The minimum absolute atomic E-state index is 0. The van der Waals surface area contributed by atoms with E-state index in [1.807, 2.05) is 24.3 Å². The van der Waals surface area contributed by atoms with E-state index in [1.165, 1.54) is 7.11 Å². The Bertz CT molecular complexity index is 352. The second-order valence-corrected chi connectivity index (χ2v) is 4.63. The van der Waals surface area contributed by atoms with Gasteiger partial charge in [0.05, 0.1) is 7.11 Å². The van der Waals surface area contributed by atoms with Crippen LogP contribution in [0.4, 0.5) is 0 Å². The molecule has 90 valence electrons. The molecule has 3 nitrogen and oxygen atoms in total. The Labute approximate surface area is 110 Å². The summed E-state index contributed by atoms with van der Waals surface area (Å²) in [6.07, 6.45) is 0.465. The summed E-state index contributed by atoms with van der Waals surface area (Å²) in [5, 5.41) is 0. The van der Waals surface area contributed by atoms with E-state index in [1.54, 1.807) is 6.92 Å². The molecule has 5 heteroatoms. The van der Waals surface area contributed by atoms with Crippen LogP contribution in [0.2, 0.25) is 0 Å². The fraction of sp³-hybridized carbons (Fsp3) is 0.364. The van der Waals surface area contributed by atoms with Crippen LogP contribution in [0.3, 0.4) is 0 Å². The summed E-state index contributed by atoms with van der Waals surface area (Å²) in [4.78, 5) is 11.3. The van der Waals surface area contributed by atoms with Crippen LogP contribution >= 0.6 is 28.3 Å². The van der Waals surface area contributed by atoms with E-state index >= 15 is 0 Å². The highest BCUT2D eigenvalue weighted by Crippen LogP contribution is 2.15. The molecule has 0 aliphatic heterocycles. The zero-order valence-electron chi connectivity index (χ0n) is 9.20. The highest BCUT2D eigenvalue weighted by molar-refractivity contribution is 9.10. The number of nitrogens with two attached hydrogens (primary N) is 1. The number of ether oxygens (including phenoxy) is 1. The van der Waals surface area contributed by atoms with Crippen LogP contribution in [0.1, 0.15) is 12.5 Å². The second-order valence-electron chi connectivity index (χ2n) is 3.71. The standard InChI is InChI=1S/C11H14BrNO2.ClH/c1-11(13,10(14)15-2)7-8-3-5-9(12)6-4-8;/h3-6H,7,13H2,1-2H3;1H. The number of methoxy groups -OCH3 is 1. The second kappa shape index (κ2) is 6.23. The van der Waals surface area contributed by atoms with Crippen molar-refractivity contribution in [3.8, 4) is 0 Å². The molecular formula is C11H15BrClNO2. The van der Waals surface area contributed by atoms with Crippen LogP contribution in [0.15, 0.2) is 28.7 Å². The first kappa shape index (κ1) is 15.4. The zero-order chi connectivity index (χ0) is 11.5. The predicted molar refractivity (Wildman–Crippen MR) is 69.7 cm³/mol. The third-order valence-corrected chi connectivity index (χ3v) is 2.66. The van der Waals surface area contributed by atoms with Crippen molar-refractivity contribution in [1.29, 1.82) is 0 Å². The van der Waals surface area contributed by atoms with E-state index < -0.39 is 11.5 Å². The van der Waals surface area contributed by atoms with Gasteiger partial charge in [0.25, 0.3) is 0 Å². The first-order chi connectivity index (χ1) is 6.95. The van der Waals surface area contributed by atoms with Crippen LogP contribution in [0, 0.1) is 0 Å². The summed E-state index contributed by atoms with van der Waals surface area (Å²) in [5.74, 6) is -0.398. The van der Waals surface area contributed by atoms with E-state index in [0.29, 0.717) is 6.42 Å². The van der Waals surface area contributed by atoms with E-state index in [-0.39, 0.29) is 12.4 Å². The van der Waals surface area contributed by atoms with Gasteiger partial charge in [-0.15, -0.1) is 12.4 Å². The quantitative estimate of drug-likeness (QED) is 0.872. The molecule has 0 radical (unpaired) electrons. The Hall–Kier alpha value is -0.580. The maximum atomic E-state index is 11.3. The summed E-state index contributed by atoms with van der Waals surface area (Å²) in [6.45, 7) is 1.67. The van der Waals surface area contributed by atoms with Crippen LogP contribution in [-0.4, -0.2) is 18.6 Å². The molecule has 1 rings (SSSR count). The summed E-state index contributed by atoms with van der Waals surface area (Å²) < 4.78 is 5.64. The molecule has 0 aliphatic rings. The first-order valence-corrected chi connectivity index (χ1v) is 5.37. The Kier molecular flexibility index (Phi) is 6.00. The molecule has 1 atom stereocenters. The molecule has 0 heterocycles. The number of carbonyl (C=O) groups excluding carboxylic acids is 1. The molecule has 2 N–H and O–H groups in total. The van der Waals surface area contributed by atoms with Crippen LogP contribution < -0.4 is 5.73 Å². The number of rotatable bonds is 3. The Morgan fingerprint density at radius 3 is 2.38 bits per heavy atom. The van der Waals surface area contributed by atoms with Gasteiger partial charge in [-0.2, -0.15) is 0 Å². The normalized spacial score (nSPS) is 13.5. The van der Waals surface area contributed by atoms with E-state index in [2.05, 4.69) is 20.7 Å². The average Bonchev–Trinajstić information content (AvgIpc) is 2.20. The van der Waals surface area contributed by atoms with Gasteiger partial charge in [0.2, 0.25) is 0 Å². The molecule has 0 bridgehead atoms. The number of halogens is 2. The Morgan fingerprint density at radius 2 is 1.94 bits per heavy atom. The zero-order valence-corrected chi connectivity index (χ0v) is 11.6. The Balaban J connectivity index is 0.00000225. The third kappa shape index (κ3) is 4.12. The number of benzene rings is 1. The van der Waals surface area contributed by atoms with Gasteiger partial charge >= 0.3 is 5.97 Å². The molecule has 0 fully saturated rings. The van der Waals surface area contributed by atoms with Gasteiger partial charge in [0.1, 0.15) is 5.54 Å². The van der Waals surface area contributed by atoms with E-state index in [0.717, 1.165) is 10.0 Å². The van der Waals surface area contributed by atoms with E-state index in [9.17, 15) is 4.79 Å². The molecule has 0 spiro atoms. The monoisotopic (exact) mass is 307 g/mol. The van der Waals surface area contributed by atoms with Crippen molar-refractivity contribution in [3.63, 3.8) is 0 Å². The van der Waals surface area contributed by atoms with Crippen molar-refractivity contribution in [2.75, 3.05) is 7.11 Å². The largest absolute Gasteiger partial charge is 0.468 e. The third-order valence-electron chi connectivity index (χ3n) is 2.14. The SMILES string of the molecule is COC(=O)C(C)(N)Cc1ccc(Br)cc1.Cl. The van der Waals surface area contributed by atoms with Crippen molar-refractivity contribution < 1.29 is 9.53 Å². The van der Waals surface area contributed by atoms with Crippen LogP contribution in [0.5, 0.6) is 0 Å². The summed E-state index contributed by atoms with van der Waals surface area (Å²) in [5.41, 5.74) is 5.89. The van der Waals surface area contributed by atoms with Gasteiger partial charge in [-0.1, -0.05) is 28.1 Å². The van der Waals surface area contributed by atoms with Crippen molar-refractivity contribution in [2.45, 2.75) is 18.9 Å². The highest BCUT2D eigenvalue weighted by Gasteiger charge is 2.29. The van der Waals surface area contributed by atoms with Gasteiger partial charge < -0.3 is 10.5 Å². The molecule has 0 aliphatic carbocycles. The molecular weight excluding hydrogens is 293 g/mol. The fourth-order valence-corrected chi connectivity index (χ4v) is 1.60. The van der Waals surface area contributed by atoms with Crippen molar-refractivity contribution >= 4 is 34.3 Å². The molecule has 1 aromatic rings. The fourth-order valence-electron chi connectivity index (χ4n) is 1.33. The van der Waals surface area contributed by atoms with E-state index in [4.69, 9.17) is 5.73 Å². The summed E-state index contributed by atoms with van der Waals surface area (Å²) >= 11 is 3.34. The smallest absolute Gasteiger partial charge is 0.325 e. The number of carbonyl (C=O) groups is 1. The number of hydrogen-bond acceptors (Lipinski definition) is 3. The molecule has 1 unspecified atom stereocenters. The number of hydrogen-bond donors (Lipinski definition) is 1. The van der Waals surface area contributed by atoms with Crippen LogP contribution in [-0.2, 0) is 16.0 Å². The lowest BCUT2D eigenvalue weighted by Gasteiger charge is -2.21. The summed E-state index contributed by atoms with van der Waals surface area (Å²) in [7, 11) is 1.34. The molecule has 0 aromatic heterocycles.